The molecule has 0 N–H and O–H groups in total. The molecular weight excluding hydrogens is 701 g/mol. The Morgan fingerprint density at radius 3 is 0.690 bits per heavy atom. The van der Waals surface area contributed by atoms with E-state index in [4.69, 9.17) is 0 Å². The summed E-state index contributed by atoms with van der Waals surface area (Å²) in [6.07, 6.45) is 0. The van der Waals surface area contributed by atoms with E-state index in [0.717, 1.165) is 77.9 Å². The van der Waals surface area contributed by atoms with Crippen molar-refractivity contribution in [2.24, 2.45) is 0 Å². The Kier molecular flexibility index (Phi) is 9.82. The van der Waals surface area contributed by atoms with Gasteiger partial charge >= 0.3 is 0 Å². The van der Waals surface area contributed by atoms with Gasteiger partial charge in [0.1, 0.15) is 0 Å². The van der Waals surface area contributed by atoms with Crippen molar-refractivity contribution < 1.29 is 0 Å². The third-order valence-corrected chi connectivity index (χ3v) is 10.7. The lowest BCUT2D eigenvalue weighted by Crippen LogP contribution is -1.88. The van der Waals surface area contributed by atoms with Crippen molar-refractivity contribution in [2.75, 3.05) is 0 Å². The zero-order valence-corrected chi connectivity index (χ0v) is 31.7. The van der Waals surface area contributed by atoms with Crippen molar-refractivity contribution in [1.82, 2.24) is 0 Å². The number of rotatable bonds is 8. The summed E-state index contributed by atoms with van der Waals surface area (Å²) < 4.78 is 0. The Balaban J connectivity index is 1.000. The highest BCUT2D eigenvalue weighted by atomic mass is 14.2. The minimum Gasteiger partial charge on any atom is -0.192 e. The molecule has 0 aromatic heterocycles. The van der Waals surface area contributed by atoms with Crippen molar-refractivity contribution in [1.29, 1.82) is 10.5 Å². The van der Waals surface area contributed by atoms with Crippen LogP contribution in [-0.2, 0) is 0 Å². The molecule has 270 valence electrons. The van der Waals surface area contributed by atoms with Gasteiger partial charge in [0.2, 0.25) is 0 Å². The lowest BCUT2D eigenvalue weighted by atomic mass is 9.92. The van der Waals surface area contributed by atoms with Crippen LogP contribution in [0.1, 0.15) is 11.1 Å². The molecule has 2 heteroatoms. The van der Waals surface area contributed by atoms with Crippen molar-refractivity contribution >= 4 is 0 Å². The summed E-state index contributed by atoms with van der Waals surface area (Å²) in [4.78, 5) is 0. The number of hydrogen-bond donors (Lipinski definition) is 0. The van der Waals surface area contributed by atoms with Crippen LogP contribution in [0.5, 0.6) is 0 Å². The second-order valence-electron chi connectivity index (χ2n) is 14.5. The molecule has 0 radical (unpaired) electrons. The van der Waals surface area contributed by atoms with Crippen LogP contribution in [0.15, 0.2) is 218 Å². The van der Waals surface area contributed by atoms with E-state index in [1.54, 1.807) is 0 Å². The standard InChI is InChI=1S/C56H36N2/c57-37-39-28-53(45-24-20-43(21-25-45)41-10-3-1-4-11-41)35-55(30-39)51-18-8-16-49(33-51)47-14-7-15-48(32-47)50-17-9-19-52(34-50)56-31-40(38-58)29-54(36-56)46-26-22-44(23-27-46)42-12-5-2-6-13-42/h1-36H. The molecule has 0 saturated carbocycles. The van der Waals surface area contributed by atoms with Crippen LogP contribution >= 0.6 is 0 Å². The summed E-state index contributed by atoms with van der Waals surface area (Å²) >= 11 is 0. The molecule has 0 saturated heterocycles. The average Bonchev–Trinajstić information content (AvgIpc) is 3.32. The zero-order valence-electron chi connectivity index (χ0n) is 31.7. The largest absolute Gasteiger partial charge is 0.192 e. The molecule has 0 bridgehead atoms. The molecule has 0 fully saturated rings. The number of hydrogen-bond acceptors (Lipinski definition) is 2. The van der Waals surface area contributed by atoms with Crippen LogP contribution in [0.25, 0.3) is 89.0 Å². The summed E-state index contributed by atoms with van der Waals surface area (Å²) in [5.74, 6) is 0. The molecule has 9 aromatic carbocycles. The fourth-order valence-electron chi connectivity index (χ4n) is 7.66. The van der Waals surface area contributed by atoms with E-state index >= 15 is 0 Å². The Bertz CT molecular complexity index is 2780. The van der Waals surface area contributed by atoms with Gasteiger partial charge < -0.3 is 0 Å². The van der Waals surface area contributed by atoms with Gasteiger partial charge in [-0.15, -0.1) is 0 Å². The van der Waals surface area contributed by atoms with Crippen molar-refractivity contribution in [3.05, 3.63) is 230 Å². The summed E-state index contributed by atoms with van der Waals surface area (Å²) in [6, 6.07) is 80.4. The third kappa shape index (κ3) is 7.60. The molecule has 0 unspecified atom stereocenters. The van der Waals surface area contributed by atoms with Crippen LogP contribution in [0.2, 0.25) is 0 Å². The normalized spacial score (nSPS) is 10.7. The third-order valence-electron chi connectivity index (χ3n) is 10.7. The van der Waals surface area contributed by atoms with Crippen LogP contribution in [0, 0.1) is 22.7 Å². The predicted octanol–water partition coefficient (Wildman–Crippen LogP) is 14.8. The summed E-state index contributed by atoms with van der Waals surface area (Å²) in [5.41, 5.74) is 18.6. The minimum absolute atomic E-state index is 0.625. The van der Waals surface area contributed by atoms with E-state index in [-0.39, 0.29) is 0 Å². The lowest BCUT2D eigenvalue weighted by Gasteiger charge is -2.12. The van der Waals surface area contributed by atoms with Gasteiger partial charge in [-0.1, -0.05) is 164 Å². The van der Waals surface area contributed by atoms with Crippen molar-refractivity contribution in [3.63, 3.8) is 0 Å². The SMILES string of the molecule is N#Cc1cc(-c2ccc(-c3ccccc3)cc2)cc(-c2cccc(-c3cccc(-c4cccc(-c5cc(C#N)cc(-c6ccc(-c7ccccc7)cc6)c5)c4)c3)c2)c1. The predicted molar refractivity (Wildman–Crippen MR) is 239 cm³/mol. The Morgan fingerprint density at radius 1 is 0.190 bits per heavy atom. The fraction of sp³-hybridized carbons (Fsp3) is 0. The first-order valence-corrected chi connectivity index (χ1v) is 19.3. The van der Waals surface area contributed by atoms with Gasteiger partial charge in [-0.2, -0.15) is 10.5 Å². The maximum atomic E-state index is 10.0. The molecule has 9 aromatic rings. The summed E-state index contributed by atoms with van der Waals surface area (Å²) in [7, 11) is 0. The molecule has 58 heavy (non-hydrogen) atoms. The second kappa shape index (κ2) is 16.0. The Morgan fingerprint density at radius 2 is 0.397 bits per heavy atom. The van der Waals surface area contributed by atoms with E-state index in [0.29, 0.717) is 11.1 Å². The number of nitriles is 2. The summed E-state index contributed by atoms with van der Waals surface area (Å²) in [5, 5.41) is 20.0. The van der Waals surface area contributed by atoms with Crippen molar-refractivity contribution in [2.45, 2.75) is 0 Å². The van der Waals surface area contributed by atoms with Gasteiger partial charge in [-0.3, -0.25) is 0 Å². The molecule has 0 aliphatic carbocycles. The first kappa shape index (κ1) is 35.6. The molecule has 0 atom stereocenters. The van der Waals surface area contributed by atoms with Crippen LogP contribution < -0.4 is 0 Å². The molecule has 2 nitrogen and oxygen atoms in total. The highest BCUT2D eigenvalue weighted by molar-refractivity contribution is 5.83. The van der Waals surface area contributed by atoms with E-state index in [1.807, 2.05) is 36.4 Å². The highest BCUT2D eigenvalue weighted by Crippen LogP contribution is 2.36. The average molecular weight is 737 g/mol. The maximum absolute atomic E-state index is 10.0. The van der Waals surface area contributed by atoms with Gasteiger partial charge in [0.15, 0.2) is 0 Å². The molecule has 0 amide bonds. The van der Waals surface area contributed by atoms with Crippen LogP contribution in [0.4, 0.5) is 0 Å². The zero-order chi connectivity index (χ0) is 39.3. The molecule has 9 rings (SSSR count). The molecule has 0 aliphatic heterocycles. The molecule has 0 heterocycles. The van der Waals surface area contributed by atoms with E-state index in [9.17, 15) is 10.5 Å². The second-order valence-corrected chi connectivity index (χ2v) is 14.5. The Hall–Kier alpha value is -8.04. The first-order valence-electron chi connectivity index (χ1n) is 19.3. The lowest BCUT2D eigenvalue weighted by molar-refractivity contribution is 1.47. The van der Waals surface area contributed by atoms with E-state index in [1.165, 1.54) is 11.1 Å². The monoisotopic (exact) mass is 736 g/mol. The fourth-order valence-corrected chi connectivity index (χ4v) is 7.66. The molecule has 0 spiro atoms. The highest BCUT2D eigenvalue weighted by Gasteiger charge is 2.11. The number of benzene rings is 9. The molecular formula is C56H36N2. The smallest absolute Gasteiger partial charge is 0.0992 e. The molecule has 0 aliphatic rings. The number of nitrogens with zero attached hydrogens (tertiary/aromatic N) is 2. The van der Waals surface area contributed by atoms with Gasteiger partial charge in [0, 0.05) is 0 Å². The first-order chi connectivity index (χ1) is 28.6. The quantitative estimate of drug-likeness (QED) is 0.156. The topological polar surface area (TPSA) is 47.6 Å². The van der Waals surface area contributed by atoms with Gasteiger partial charge in [-0.25, -0.2) is 0 Å². The van der Waals surface area contributed by atoms with Gasteiger partial charge in [0.05, 0.1) is 23.3 Å². The van der Waals surface area contributed by atoms with Gasteiger partial charge in [-0.05, 0) is 144 Å². The van der Waals surface area contributed by atoms with E-state index in [2.05, 4.69) is 194 Å². The van der Waals surface area contributed by atoms with E-state index < -0.39 is 0 Å². The summed E-state index contributed by atoms with van der Waals surface area (Å²) in [6.45, 7) is 0. The Labute approximate surface area is 339 Å². The van der Waals surface area contributed by atoms with Crippen LogP contribution in [0.3, 0.4) is 0 Å². The van der Waals surface area contributed by atoms with Gasteiger partial charge in [0.25, 0.3) is 0 Å². The van der Waals surface area contributed by atoms with Crippen LogP contribution in [-0.4, -0.2) is 0 Å². The minimum atomic E-state index is 0.625. The van der Waals surface area contributed by atoms with Crippen molar-refractivity contribution in [3.8, 4) is 101 Å². The maximum Gasteiger partial charge on any atom is 0.0992 e.